The monoisotopic (exact) mass is 824 g/mol. The summed E-state index contributed by atoms with van der Waals surface area (Å²) in [7, 11) is 0. The van der Waals surface area contributed by atoms with E-state index in [4.69, 9.17) is 19.4 Å². The van der Waals surface area contributed by atoms with Crippen LogP contribution in [0.15, 0.2) is 233 Å². The Morgan fingerprint density at radius 1 is 0.333 bits per heavy atom. The lowest BCUT2D eigenvalue weighted by Crippen LogP contribution is -2.15. The number of nitrogens with zero attached hydrogens (tertiary/aromatic N) is 4. The van der Waals surface area contributed by atoms with Gasteiger partial charge in [-0.3, -0.25) is 0 Å². The molecule has 296 valence electrons. The Kier molecular flexibility index (Phi) is 9.01. The molecule has 0 radical (unpaired) electrons. The number of aromatic nitrogens is 3. The number of anilines is 3. The largest absolute Gasteiger partial charge is 0.455 e. The van der Waals surface area contributed by atoms with E-state index in [1.54, 1.807) is 0 Å². The molecule has 5 nitrogen and oxygen atoms in total. The average molecular weight is 825 g/mol. The average Bonchev–Trinajstić information content (AvgIpc) is 3.76. The normalized spacial score (nSPS) is 12.0. The highest BCUT2D eigenvalue weighted by Crippen LogP contribution is 2.53. The summed E-state index contributed by atoms with van der Waals surface area (Å²) >= 11 is 1.83. The van der Waals surface area contributed by atoms with Crippen LogP contribution in [0, 0.1) is 0 Å². The Morgan fingerprint density at radius 3 is 1.32 bits per heavy atom. The molecule has 9 aromatic carbocycles. The van der Waals surface area contributed by atoms with Crippen molar-refractivity contribution in [3.8, 4) is 67.5 Å². The Labute approximate surface area is 369 Å². The van der Waals surface area contributed by atoms with E-state index in [0.717, 1.165) is 66.8 Å². The van der Waals surface area contributed by atoms with Crippen LogP contribution in [-0.4, -0.2) is 15.0 Å². The van der Waals surface area contributed by atoms with Gasteiger partial charge < -0.3 is 9.32 Å². The van der Waals surface area contributed by atoms with Gasteiger partial charge in [0, 0.05) is 42.9 Å². The molecule has 3 heterocycles. The first-order chi connectivity index (χ1) is 31.2. The Morgan fingerprint density at radius 2 is 0.778 bits per heavy atom. The topological polar surface area (TPSA) is 55.1 Å². The molecule has 0 N–H and O–H groups in total. The molecule has 12 rings (SSSR count). The van der Waals surface area contributed by atoms with Crippen LogP contribution < -0.4 is 4.90 Å². The Bertz CT molecular complexity index is 3340. The minimum absolute atomic E-state index is 0.557. The van der Waals surface area contributed by atoms with E-state index in [0.29, 0.717) is 17.5 Å². The maximum atomic E-state index is 7.01. The number of para-hydroxylation sites is 2. The first-order valence-corrected chi connectivity index (χ1v) is 21.8. The van der Waals surface area contributed by atoms with Crippen LogP contribution in [0.2, 0.25) is 0 Å². The van der Waals surface area contributed by atoms with Crippen LogP contribution in [-0.2, 0) is 0 Å². The van der Waals surface area contributed by atoms with Crippen molar-refractivity contribution in [1.29, 1.82) is 0 Å². The van der Waals surface area contributed by atoms with E-state index < -0.39 is 0 Å². The van der Waals surface area contributed by atoms with Gasteiger partial charge in [0.25, 0.3) is 0 Å². The molecule has 63 heavy (non-hydrogen) atoms. The molecule has 0 amide bonds. The number of fused-ring (bicyclic) bond motifs is 5. The predicted molar refractivity (Wildman–Crippen MR) is 259 cm³/mol. The lowest BCUT2D eigenvalue weighted by Gasteiger charge is -2.34. The zero-order valence-electron chi connectivity index (χ0n) is 33.9. The fraction of sp³-hybridized carbons (Fsp3) is 0. The summed E-state index contributed by atoms with van der Waals surface area (Å²) in [4.78, 5) is 19.9. The summed E-state index contributed by atoms with van der Waals surface area (Å²) in [6.07, 6.45) is 0. The summed E-state index contributed by atoms with van der Waals surface area (Å²) in [6.45, 7) is 0. The van der Waals surface area contributed by atoms with Gasteiger partial charge >= 0.3 is 0 Å². The first-order valence-electron chi connectivity index (χ1n) is 21.0. The molecule has 0 saturated heterocycles. The van der Waals surface area contributed by atoms with Crippen molar-refractivity contribution in [1.82, 2.24) is 15.0 Å². The van der Waals surface area contributed by atoms with Crippen LogP contribution in [0.5, 0.6) is 0 Å². The molecule has 0 atom stereocenters. The van der Waals surface area contributed by atoms with Crippen LogP contribution in [0.4, 0.5) is 17.1 Å². The fourth-order valence-corrected chi connectivity index (χ4v) is 9.81. The molecular formula is C57H36N4OS. The zero-order chi connectivity index (χ0) is 41.7. The minimum Gasteiger partial charge on any atom is -0.455 e. The van der Waals surface area contributed by atoms with Gasteiger partial charge in [-0.2, -0.15) is 0 Å². The maximum absolute atomic E-state index is 7.01. The number of rotatable bonds is 7. The van der Waals surface area contributed by atoms with E-state index in [9.17, 15) is 0 Å². The lowest BCUT2D eigenvalue weighted by molar-refractivity contribution is 0.670. The summed E-state index contributed by atoms with van der Waals surface area (Å²) < 4.78 is 7.01. The SMILES string of the molecule is c1ccc(-c2ccc3c(c2)Sc2cc(-c4ccccc4)ccc2N3c2cccc(-c3cccc4c3oc3c(-c5nc(-c6ccccc6)nc(-c6ccccc6)n5)cccc34)c2)cc1. The van der Waals surface area contributed by atoms with E-state index in [1.807, 2.05) is 78.5 Å². The maximum Gasteiger partial charge on any atom is 0.167 e. The molecule has 0 spiro atoms. The molecule has 0 saturated carbocycles. The van der Waals surface area contributed by atoms with E-state index in [1.165, 1.54) is 32.0 Å². The van der Waals surface area contributed by atoms with Gasteiger partial charge in [-0.1, -0.05) is 188 Å². The van der Waals surface area contributed by atoms with E-state index >= 15 is 0 Å². The van der Waals surface area contributed by atoms with Crippen LogP contribution >= 0.6 is 11.8 Å². The van der Waals surface area contributed by atoms with Crippen molar-refractivity contribution in [3.63, 3.8) is 0 Å². The summed E-state index contributed by atoms with van der Waals surface area (Å²) in [6, 6.07) is 76.4. The lowest BCUT2D eigenvalue weighted by atomic mass is 10.00. The zero-order valence-corrected chi connectivity index (χ0v) is 34.7. The van der Waals surface area contributed by atoms with E-state index in [-0.39, 0.29) is 0 Å². The molecule has 0 bridgehead atoms. The molecule has 1 aliphatic heterocycles. The molecule has 0 unspecified atom stereocenters. The van der Waals surface area contributed by atoms with Crippen molar-refractivity contribution in [2.24, 2.45) is 0 Å². The van der Waals surface area contributed by atoms with Gasteiger partial charge in [-0.05, 0) is 70.3 Å². The highest BCUT2D eigenvalue weighted by molar-refractivity contribution is 7.99. The molecule has 2 aromatic heterocycles. The molecule has 0 fully saturated rings. The van der Waals surface area contributed by atoms with E-state index in [2.05, 4.69) is 157 Å². The second-order valence-corrected chi connectivity index (χ2v) is 16.7. The van der Waals surface area contributed by atoms with Crippen molar-refractivity contribution in [3.05, 3.63) is 218 Å². The highest BCUT2D eigenvalue weighted by atomic mass is 32.2. The third-order valence-corrected chi connectivity index (χ3v) is 12.8. The smallest absolute Gasteiger partial charge is 0.167 e. The predicted octanol–water partition coefficient (Wildman–Crippen LogP) is 15.7. The van der Waals surface area contributed by atoms with Crippen molar-refractivity contribution >= 4 is 50.8 Å². The van der Waals surface area contributed by atoms with Crippen LogP contribution in [0.25, 0.3) is 89.5 Å². The summed E-state index contributed by atoms with van der Waals surface area (Å²) in [5.74, 6) is 1.77. The van der Waals surface area contributed by atoms with Gasteiger partial charge in [0.05, 0.1) is 16.9 Å². The highest BCUT2D eigenvalue weighted by Gasteiger charge is 2.27. The summed E-state index contributed by atoms with van der Waals surface area (Å²) in [5.41, 5.74) is 14.4. The third kappa shape index (κ3) is 6.65. The van der Waals surface area contributed by atoms with Crippen LogP contribution in [0.1, 0.15) is 0 Å². The Balaban J connectivity index is 0.993. The van der Waals surface area contributed by atoms with Gasteiger partial charge in [0.1, 0.15) is 11.2 Å². The van der Waals surface area contributed by atoms with Crippen molar-refractivity contribution in [2.75, 3.05) is 4.90 Å². The first kappa shape index (κ1) is 36.8. The number of benzene rings is 9. The molecule has 11 aromatic rings. The second-order valence-electron chi connectivity index (χ2n) is 15.6. The van der Waals surface area contributed by atoms with Crippen LogP contribution in [0.3, 0.4) is 0 Å². The number of hydrogen-bond donors (Lipinski definition) is 0. The molecule has 1 aliphatic rings. The Hall–Kier alpha value is -8.06. The number of hydrogen-bond acceptors (Lipinski definition) is 6. The van der Waals surface area contributed by atoms with Gasteiger partial charge in [-0.25, -0.2) is 15.0 Å². The van der Waals surface area contributed by atoms with Crippen molar-refractivity contribution < 1.29 is 4.42 Å². The quantitative estimate of drug-likeness (QED) is 0.160. The summed E-state index contributed by atoms with van der Waals surface area (Å²) in [5, 5.41) is 2.03. The van der Waals surface area contributed by atoms with Gasteiger partial charge in [0.2, 0.25) is 0 Å². The second kappa shape index (κ2) is 15.4. The fourth-order valence-electron chi connectivity index (χ4n) is 8.67. The molecule has 6 heteroatoms. The third-order valence-electron chi connectivity index (χ3n) is 11.7. The standard InChI is InChI=1S/C57H36N4OS/c1-5-16-37(17-6-1)41-30-32-49-51(35-41)63-52-36-42(38-18-7-2-8-19-38)31-33-50(52)61(49)44-25-13-24-43(34-44)45-26-14-27-46-47-28-15-29-48(54(47)62-53(45)46)57-59-55(39-20-9-3-10-21-39)58-56(60-57)40-22-11-4-12-23-40/h1-36H. The molecule has 0 aliphatic carbocycles. The van der Waals surface area contributed by atoms with Gasteiger partial charge in [0.15, 0.2) is 17.5 Å². The number of furan rings is 1. The molecular weight excluding hydrogens is 789 g/mol. The minimum atomic E-state index is 0.557. The van der Waals surface area contributed by atoms with Gasteiger partial charge in [-0.15, -0.1) is 0 Å². The van der Waals surface area contributed by atoms with Crippen molar-refractivity contribution in [2.45, 2.75) is 9.79 Å².